The fraction of sp³-hybridized carbons (Fsp3) is 0.176. The summed E-state index contributed by atoms with van der Waals surface area (Å²) in [5.41, 5.74) is 1.79. The second-order valence-corrected chi connectivity index (χ2v) is 4.79. The second-order valence-electron chi connectivity index (χ2n) is 4.79. The van der Waals surface area contributed by atoms with Gasteiger partial charge in [-0.15, -0.1) is 0 Å². The maximum Gasteiger partial charge on any atom is 0.195 e. The molecule has 2 aromatic carbocycles. The number of ketones is 1. The maximum absolute atomic E-state index is 11.7. The topological polar surface area (TPSA) is 44.1 Å². The number of ether oxygens (including phenoxy) is 1. The second kappa shape index (κ2) is 5.79. The average molecular weight is 280 g/mol. The van der Waals surface area contributed by atoms with Crippen LogP contribution in [0.4, 0.5) is 0 Å². The first-order chi connectivity index (χ1) is 10.3. The molecule has 0 aliphatic carbocycles. The minimum absolute atomic E-state index is 0.0362. The van der Waals surface area contributed by atoms with Crippen LogP contribution in [-0.2, 0) is 6.54 Å². The van der Waals surface area contributed by atoms with Crippen molar-refractivity contribution in [1.29, 1.82) is 0 Å². The van der Waals surface area contributed by atoms with Crippen molar-refractivity contribution in [2.45, 2.75) is 13.5 Å². The molecule has 1 heterocycles. The molecule has 1 aromatic heterocycles. The summed E-state index contributed by atoms with van der Waals surface area (Å²) in [6.07, 6.45) is 0. The molecular formula is C17H16N2O2. The van der Waals surface area contributed by atoms with E-state index in [1.54, 1.807) is 0 Å². The van der Waals surface area contributed by atoms with E-state index in [2.05, 4.69) is 4.98 Å². The van der Waals surface area contributed by atoms with Crippen molar-refractivity contribution < 1.29 is 9.53 Å². The summed E-state index contributed by atoms with van der Waals surface area (Å²) in [6.45, 7) is 2.62. The van der Waals surface area contributed by atoms with Crippen LogP contribution in [0.25, 0.3) is 11.0 Å². The summed E-state index contributed by atoms with van der Waals surface area (Å²) in [7, 11) is 0. The Hall–Kier alpha value is -2.62. The highest BCUT2D eigenvalue weighted by Gasteiger charge is 2.13. The lowest BCUT2D eigenvalue weighted by Crippen LogP contribution is -2.13. The van der Waals surface area contributed by atoms with E-state index in [1.165, 1.54) is 6.92 Å². The highest BCUT2D eigenvalue weighted by Crippen LogP contribution is 2.17. The minimum atomic E-state index is -0.0362. The molecule has 0 fully saturated rings. The molecule has 0 radical (unpaired) electrons. The molecule has 0 unspecified atom stereocenters. The summed E-state index contributed by atoms with van der Waals surface area (Å²) in [6, 6.07) is 17.4. The van der Waals surface area contributed by atoms with Gasteiger partial charge in [-0.25, -0.2) is 4.98 Å². The van der Waals surface area contributed by atoms with Gasteiger partial charge in [-0.1, -0.05) is 30.3 Å². The molecule has 0 saturated heterocycles. The van der Waals surface area contributed by atoms with Gasteiger partial charge in [0.1, 0.15) is 12.4 Å². The molecule has 0 atom stereocenters. The van der Waals surface area contributed by atoms with Gasteiger partial charge in [-0.2, -0.15) is 0 Å². The van der Waals surface area contributed by atoms with Gasteiger partial charge in [-0.3, -0.25) is 4.79 Å². The molecular weight excluding hydrogens is 264 g/mol. The van der Waals surface area contributed by atoms with Gasteiger partial charge in [0.25, 0.3) is 0 Å². The van der Waals surface area contributed by atoms with Gasteiger partial charge in [-0.05, 0) is 24.3 Å². The summed E-state index contributed by atoms with van der Waals surface area (Å²) < 4.78 is 7.62. The summed E-state index contributed by atoms with van der Waals surface area (Å²) >= 11 is 0. The van der Waals surface area contributed by atoms with Crippen LogP contribution in [-0.4, -0.2) is 21.9 Å². The first kappa shape index (κ1) is 13.4. The van der Waals surface area contributed by atoms with E-state index in [0.29, 0.717) is 19.0 Å². The number of carbonyl (C=O) groups is 1. The highest BCUT2D eigenvalue weighted by molar-refractivity contribution is 5.94. The Bertz CT molecular complexity index is 763. The molecule has 0 N–H and O–H groups in total. The Morgan fingerprint density at radius 3 is 2.57 bits per heavy atom. The first-order valence-corrected chi connectivity index (χ1v) is 6.90. The third-order valence-corrected chi connectivity index (χ3v) is 3.30. The summed E-state index contributed by atoms with van der Waals surface area (Å²) in [5, 5.41) is 0. The SMILES string of the molecule is CC(=O)c1nc2ccccc2n1CCOc1ccccc1. The molecule has 0 saturated carbocycles. The fourth-order valence-corrected chi connectivity index (χ4v) is 2.34. The molecule has 0 aliphatic heterocycles. The first-order valence-electron chi connectivity index (χ1n) is 6.90. The number of carbonyl (C=O) groups excluding carboxylic acids is 1. The molecule has 106 valence electrons. The zero-order valence-electron chi connectivity index (χ0n) is 11.8. The zero-order valence-corrected chi connectivity index (χ0v) is 11.8. The number of hydrogen-bond donors (Lipinski definition) is 0. The number of fused-ring (bicyclic) bond motifs is 1. The molecule has 3 aromatic rings. The number of benzene rings is 2. The number of para-hydroxylation sites is 3. The fourth-order valence-electron chi connectivity index (χ4n) is 2.34. The third-order valence-electron chi connectivity index (χ3n) is 3.30. The number of aromatic nitrogens is 2. The number of rotatable bonds is 5. The Balaban J connectivity index is 1.82. The van der Waals surface area contributed by atoms with Crippen molar-refractivity contribution in [3.8, 4) is 5.75 Å². The molecule has 4 heteroatoms. The smallest absolute Gasteiger partial charge is 0.195 e. The average Bonchev–Trinajstić information content (AvgIpc) is 2.88. The lowest BCUT2D eigenvalue weighted by atomic mass is 10.3. The largest absolute Gasteiger partial charge is 0.492 e. The van der Waals surface area contributed by atoms with Gasteiger partial charge in [0.15, 0.2) is 11.6 Å². The van der Waals surface area contributed by atoms with E-state index in [-0.39, 0.29) is 5.78 Å². The predicted octanol–water partition coefficient (Wildman–Crippen LogP) is 3.32. The van der Waals surface area contributed by atoms with Crippen molar-refractivity contribution in [2.24, 2.45) is 0 Å². The van der Waals surface area contributed by atoms with Gasteiger partial charge in [0, 0.05) is 6.92 Å². The molecule has 21 heavy (non-hydrogen) atoms. The van der Waals surface area contributed by atoms with Crippen molar-refractivity contribution in [3.05, 3.63) is 60.4 Å². The van der Waals surface area contributed by atoms with Crippen molar-refractivity contribution in [1.82, 2.24) is 9.55 Å². The molecule has 0 spiro atoms. The number of nitrogens with zero attached hydrogens (tertiary/aromatic N) is 2. The van der Waals surface area contributed by atoms with Crippen molar-refractivity contribution in [3.63, 3.8) is 0 Å². The summed E-state index contributed by atoms with van der Waals surface area (Å²) in [5.74, 6) is 1.27. The van der Waals surface area contributed by atoms with Gasteiger partial charge in [0.05, 0.1) is 17.6 Å². The van der Waals surface area contributed by atoms with E-state index in [4.69, 9.17) is 4.74 Å². The van der Waals surface area contributed by atoms with Crippen LogP contribution in [0.3, 0.4) is 0 Å². The highest BCUT2D eigenvalue weighted by atomic mass is 16.5. The normalized spacial score (nSPS) is 10.7. The molecule has 0 bridgehead atoms. The van der Waals surface area contributed by atoms with E-state index in [0.717, 1.165) is 16.8 Å². The van der Waals surface area contributed by atoms with E-state index in [9.17, 15) is 4.79 Å². The van der Waals surface area contributed by atoms with E-state index in [1.807, 2.05) is 59.2 Å². The van der Waals surface area contributed by atoms with Gasteiger partial charge in [0.2, 0.25) is 0 Å². The van der Waals surface area contributed by atoms with Gasteiger partial charge >= 0.3 is 0 Å². The van der Waals surface area contributed by atoms with Crippen LogP contribution >= 0.6 is 0 Å². The third kappa shape index (κ3) is 2.79. The predicted molar refractivity (Wildman–Crippen MR) is 81.7 cm³/mol. The molecule has 0 aliphatic rings. The number of hydrogen-bond acceptors (Lipinski definition) is 3. The Morgan fingerprint density at radius 2 is 1.81 bits per heavy atom. The van der Waals surface area contributed by atoms with E-state index >= 15 is 0 Å². The lowest BCUT2D eigenvalue weighted by Gasteiger charge is -2.09. The zero-order chi connectivity index (χ0) is 14.7. The summed E-state index contributed by atoms with van der Waals surface area (Å²) in [4.78, 5) is 16.1. The van der Waals surface area contributed by atoms with Crippen LogP contribution in [0.5, 0.6) is 5.75 Å². The standard InChI is InChI=1S/C17H16N2O2/c1-13(20)17-18-15-9-5-6-10-16(15)19(17)11-12-21-14-7-3-2-4-8-14/h2-10H,11-12H2,1H3. The Kier molecular flexibility index (Phi) is 3.69. The Morgan fingerprint density at radius 1 is 1.10 bits per heavy atom. The number of imidazole rings is 1. The van der Waals surface area contributed by atoms with Crippen molar-refractivity contribution in [2.75, 3.05) is 6.61 Å². The number of Topliss-reactive ketones (excluding diaryl/α,β-unsaturated/α-hetero) is 1. The monoisotopic (exact) mass is 280 g/mol. The molecule has 4 nitrogen and oxygen atoms in total. The quantitative estimate of drug-likeness (QED) is 0.673. The van der Waals surface area contributed by atoms with Crippen molar-refractivity contribution >= 4 is 16.8 Å². The van der Waals surface area contributed by atoms with E-state index < -0.39 is 0 Å². The Labute approximate surface area is 123 Å². The molecule has 3 rings (SSSR count). The van der Waals surface area contributed by atoms with Crippen LogP contribution in [0, 0.1) is 0 Å². The van der Waals surface area contributed by atoms with Gasteiger partial charge < -0.3 is 9.30 Å². The van der Waals surface area contributed by atoms with Crippen LogP contribution in [0.2, 0.25) is 0 Å². The van der Waals surface area contributed by atoms with Crippen LogP contribution in [0.15, 0.2) is 54.6 Å². The lowest BCUT2D eigenvalue weighted by molar-refractivity contribution is 0.0999. The molecule has 0 amide bonds. The maximum atomic E-state index is 11.7. The minimum Gasteiger partial charge on any atom is -0.492 e. The van der Waals surface area contributed by atoms with Crippen LogP contribution in [0.1, 0.15) is 17.5 Å². The van der Waals surface area contributed by atoms with Crippen LogP contribution < -0.4 is 4.74 Å².